The van der Waals surface area contributed by atoms with Gasteiger partial charge in [-0.1, -0.05) is 127 Å². The van der Waals surface area contributed by atoms with Crippen molar-refractivity contribution in [2.24, 2.45) is 0 Å². The van der Waals surface area contributed by atoms with E-state index in [1.54, 1.807) is 6.07 Å². The summed E-state index contributed by atoms with van der Waals surface area (Å²) in [5, 5.41) is 3.56. The van der Waals surface area contributed by atoms with Crippen LogP contribution in [0.25, 0.3) is 100 Å². The summed E-state index contributed by atoms with van der Waals surface area (Å²) in [6.07, 6.45) is -4.48. The second kappa shape index (κ2) is 14.2. The van der Waals surface area contributed by atoms with Crippen LogP contribution in [0.1, 0.15) is 11.1 Å². The summed E-state index contributed by atoms with van der Waals surface area (Å²) < 4.78 is 46.9. The topological polar surface area (TPSA) is 35.6 Å². The Labute approximate surface area is 349 Å². The summed E-state index contributed by atoms with van der Waals surface area (Å²) in [6, 6.07) is 63.5. The van der Waals surface area contributed by atoms with Gasteiger partial charge in [-0.15, -0.1) is 0 Å². The standard InChI is InChI=1S/C54H35F3N4/c1-34-24-27-50-42(30-34)39-18-8-11-21-47(39)61(50)51-28-25-37(53-58-45(35-14-4-2-5-15-35)33-46(59-53)36-16-6-3-7-17-36)31-43(51)40-19-9-12-22-48(40)60-49-23-13-10-20-41(49)44-32-38(54(55,56)57)26-29-52(44)60/h2-33H,1H3. The summed E-state index contributed by atoms with van der Waals surface area (Å²) in [5.74, 6) is 0.569. The average Bonchev–Trinajstić information content (AvgIpc) is 3.81. The van der Waals surface area contributed by atoms with Crippen molar-refractivity contribution in [2.75, 3.05) is 0 Å². The minimum absolute atomic E-state index is 0.534. The highest BCUT2D eigenvalue weighted by atomic mass is 19.4. The average molecular weight is 797 g/mol. The Hall–Kier alpha value is -7.77. The summed E-state index contributed by atoms with van der Waals surface area (Å²) in [5.41, 5.74) is 12.0. The fourth-order valence-corrected chi connectivity index (χ4v) is 8.83. The molecule has 0 unspecified atom stereocenters. The number of fused-ring (bicyclic) bond motifs is 6. The number of alkyl halides is 3. The van der Waals surface area contributed by atoms with E-state index in [9.17, 15) is 13.2 Å². The molecule has 0 spiro atoms. The van der Waals surface area contributed by atoms with Gasteiger partial charge in [0.05, 0.1) is 50.4 Å². The minimum atomic E-state index is -4.48. The number of hydrogen-bond donors (Lipinski definition) is 0. The van der Waals surface area contributed by atoms with Gasteiger partial charge >= 0.3 is 6.18 Å². The van der Waals surface area contributed by atoms with Gasteiger partial charge in [0.2, 0.25) is 0 Å². The molecule has 0 saturated heterocycles. The van der Waals surface area contributed by atoms with Gasteiger partial charge in [0.15, 0.2) is 5.82 Å². The second-order valence-electron chi connectivity index (χ2n) is 15.4. The van der Waals surface area contributed by atoms with Gasteiger partial charge in [0.25, 0.3) is 0 Å². The van der Waals surface area contributed by atoms with Crippen molar-refractivity contribution >= 4 is 43.6 Å². The Morgan fingerprint density at radius 2 is 0.902 bits per heavy atom. The third-order valence-electron chi connectivity index (χ3n) is 11.6. The monoisotopic (exact) mass is 796 g/mol. The van der Waals surface area contributed by atoms with Crippen LogP contribution in [-0.4, -0.2) is 19.1 Å². The van der Waals surface area contributed by atoms with Crippen LogP contribution in [0.2, 0.25) is 0 Å². The van der Waals surface area contributed by atoms with Crippen LogP contribution in [-0.2, 0) is 6.18 Å². The molecule has 292 valence electrons. The van der Waals surface area contributed by atoms with E-state index in [1.165, 1.54) is 17.7 Å². The van der Waals surface area contributed by atoms with Crippen molar-refractivity contribution in [1.29, 1.82) is 0 Å². The predicted octanol–water partition coefficient (Wildman–Crippen LogP) is 14.7. The predicted molar refractivity (Wildman–Crippen MR) is 242 cm³/mol. The molecular weight excluding hydrogens is 762 g/mol. The smallest absolute Gasteiger partial charge is 0.309 e. The molecule has 7 heteroatoms. The van der Waals surface area contributed by atoms with Crippen molar-refractivity contribution in [3.63, 3.8) is 0 Å². The van der Waals surface area contributed by atoms with E-state index in [4.69, 9.17) is 9.97 Å². The van der Waals surface area contributed by atoms with Crippen molar-refractivity contribution in [1.82, 2.24) is 19.1 Å². The summed E-state index contributed by atoms with van der Waals surface area (Å²) in [6.45, 7) is 2.11. The molecule has 4 nitrogen and oxygen atoms in total. The Bertz CT molecular complexity index is 3420. The van der Waals surface area contributed by atoms with Crippen molar-refractivity contribution in [3.8, 4) is 56.4 Å². The number of nitrogens with zero attached hydrogens (tertiary/aromatic N) is 4. The molecule has 0 aliphatic heterocycles. The van der Waals surface area contributed by atoms with E-state index in [2.05, 4.69) is 107 Å². The molecule has 0 amide bonds. The molecule has 0 saturated carbocycles. The quantitative estimate of drug-likeness (QED) is 0.168. The zero-order valence-electron chi connectivity index (χ0n) is 32.9. The molecular formula is C54H35F3N4. The first-order valence-electron chi connectivity index (χ1n) is 20.1. The highest BCUT2D eigenvalue weighted by molar-refractivity contribution is 6.12. The van der Waals surface area contributed by atoms with Crippen LogP contribution in [0.3, 0.4) is 0 Å². The van der Waals surface area contributed by atoms with E-state index in [-0.39, 0.29) is 0 Å². The maximum atomic E-state index is 14.2. The first kappa shape index (κ1) is 36.3. The number of aromatic nitrogens is 4. The Morgan fingerprint density at radius 3 is 1.52 bits per heavy atom. The molecule has 11 rings (SSSR count). The van der Waals surface area contributed by atoms with Gasteiger partial charge in [0.1, 0.15) is 0 Å². The van der Waals surface area contributed by atoms with Crippen molar-refractivity contribution < 1.29 is 13.2 Å². The van der Waals surface area contributed by atoms with Crippen LogP contribution in [0.4, 0.5) is 13.2 Å². The van der Waals surface area contributed by atoms with E-state index in [0.717, 1.165) is 83.3 Å². The maximum Gasteiger partial charge on any atom is 0.416 e. The molecule has 0 N–H and O–H groups in total. The molecule has 3 aromatic heterocycles. The SMILES string of the molecule is Cc1ccc2c(c1)c1ccccc1n2-c1ccc(-c2nc(-c3ccccc3)cc(-c3ccccc3)n2)cc1-c1ccccc1-n1c2ccccc2c2cc(C(F)(F)F)ccc21. The number of rotatable bonds is 6. The van der Waals surface area contributed by atoms with Gasteiger partial charge < -0.3 is 9.13 Å². The zero-order chi connectivity index (χ0) is 41.2. The zero-order valence-corrected chi connectivity index (χ0v) is 32.9. The third kappa shape index (κ3) is 6.16. The molecule has 0 aliphatic rings. The van der Waals surface area contributed by atoms with E-state index in [1.807, 2.05) is 84.9 Å². The Balaban J connectivity index is 1.22. The van der Waals surface area contributed by atoms with E-state index >= 15 is 0 Å². The molecule has 0 aliphatic carbocycles. The summed E-state index contributed by atoms with van der Waals surface area (Å²) in [4.78, 5) is 10.4. The normalized spacial score (nSPS) is 11.9. The highest BCUT2D eigenvalue weighted by Crippen LogP contribution is 2.43. The first-order valence-corrected chi connectivity index (χ1v) is 20.1. The largest absolute Gasteiger partial charge is 0.416 e. The third-order valence-corrected chi connectivity index (χ3v) is 11.6. The lowest BCUT2D eigenvalue weighted by atomic mass is 9.97. The number of aryl methyl sites for hydroxylation is 1. The van der Waals surface area contributed by atoms with E-state index < -0.39 is 11.7 Å². The van der Waals surface area contributed by atoms with Crippen LogP contribution >= 0.6 is 0 Å². The lowest BCUT2D eigenvalue weighted by Gasteiger charge is -2.20. The summed E-state index contributed by atoms with van der Waals surface area (Å²) >= 11 is 0. The molecule has 61 heavy (non-hydrogen) atoms. The van der Waals surface area contributed by atoms with Gasteiger partial charge in [-0.2, -0.15) is 13.2 Å². The van der Waals surface area contributed by atoms with Gasteiger partial charge in [-0.25, -0.2) is 9.97 Å². The molecule has 8 aromatic carbocycles. The number of halogens is 3. The number of benzene rings is 8. The van der Waals surface area contributed by atoms with Gasteiger partial charge in [-0.05, 0) is 79.7 Å². The minimum Gasteiger partial charge on any atom is -0.309 e. The Morgan fingerprint density at radius 1 is 0.393 bits per heavy atom. The Kier molecular flexibility index (Phi) is 8.46. The van der Waals surface area contributed by atoms with Crippen molar-refractivity contribution in [3.05, 3.63) is 205 Å². The van der Waals surface area contributed by atoms with Crippen LogP contribution in [0.15, 0.2) is 194 Å². The first-order chi connectivity index (χ1) is 29.8. The van der Waals surface area contributed by atoms with Crippen LogP contribution < -0.4 is 0 Å². The molecule has 0 bridgehead atoms. The highest BCUT2D eigenvalue weighted by Gasteiger charge is 2.31. The fraction of sp³-hybridized carbons (Fsp3) is 0.0370. The number of para-hydroxylation sites is 3. The lowest BCUT2D eigenvalue weighted by Crippen LogP contribution is -2.05. The molecule has 0 radical (unpaired) electrons. The molecule has 11 aromatic rings. The molecule has 0 atom stereocenters. The molecule has 0 fully saturated rings. The van der Waals surface area contributed by atoms with Gasteiger partial charge in [0, 0.05) is 49.4 Å². The fourth-order valence-electron chi connectivity index (χ4n) is 8.83. The maximum absolute atomic E-state index is 14.2. The summed E-state index contributed by atoms with van der Waals surface area (Å²) in [7, 11) is 0. The van der Waals surface area contributed by atoms with Crippen LogP contribution in [0.5, 0.6) is 0 Å². The molecule has 3 heterocycles. The van der Waals surface area contributed by atoms with E-state index in [0.29, 0.717) is 16.7 Å². The van der Waals surface area contributed by atoms with Crippen LogP contribution in [0, 0.1) is 6.92 Å². The van der Waals surface area contributed by atoms with Crippen molar-refractivity contribution in [2.45, 2.75) is 13.1 Å². The van der Waals surface area contributed by atoms with Gasteiger partial charge in [-0.3, -0.25) is 0 Å². The number of hydrogen-bond acceptors (Lipinski definition) is 2. The lowest BCUT2D eigenvalue weighted by molar-refractivity contribution is -0.137. The second-order valence-corrected chi connectivity index (χ2v) is 15.4.